The molecule has 0 heterocycles. The summed E-state index contributed by atoms with van der Waals surface area (Å²) in [4.78, 5) is 2.00. The summed E-state index contributed by atoms with van der Waals surface area (Å²) in [7, 11) is 3.60. The second-order valence-electron chi connectivity index (χ2n) is 3.61. The highest BCUT2D eigenvalue weighted by Gasteiger charge is 2.03. The molecule has 0 aliphatic heterocycles. The maximum atomic E-state index is 8.53. The van der Waals surface area contributed by atoms with Crippen LogP contribution in [0.25, 0.3) is 0 Å². The van der Waals surface area contributed by atoms with Crippen molar-refractivity contribution in [3.05, 3.63) is 28.2 Å². The molecule has 0 aromatic heterocycles. The van der Waals surface area contributed by atoms with Gasteiger partial charge in [0.2, 0.25) is 0 Å². The van der Waals surface area contributed by atoms with E-state index in [1.165, 1.54) is 5.56 Å². The van der Waals surface area contributed by atoms with Crippen LogP contribution in [0.4, 0.5) is 0 Å². The Labute approximate surface area is 105 Å². The van der Waals surface area contributed by atoms with E-state index in [1.54, 1.807) is 7.11 Å². The van der Waals surface area contributed by atoms with Gasteiger partial charge in [0.1, 0.15) is 5.75 Å². The minimum atomic E-state index is 0.470. The third-order valence-corrected chi connectivity index (χ3v) is 2.96. The third kappa shape index (κ3) is 3.84. The number of methoxy groups -OCH3 is 1. The van der Waals surface area contributed by atoms with Crippen LogP contribution < -0.4 is 4.74 Å². The predicted octanol–water partition coefficient (Wildman–Crippen LogP) is 2.46. The van der Waals surface area contributed by atoms with Crippen molar-refractivity contribution < 1.29 is 4.74 Å². The molecule has 0 N–H and O–H groups in total. The molecular weight excluding hydrogens is 268 g/mol. The first kappa shape index (κ1) is 13.0. The van der Waals surface area contributed by atoms with Crippen molar-refractivity contribution in [2.24, 2.45) is 0 Å². The normalized spacial score (nSPS) is 10.2. The predicted molar refractivity (Wildman–Crippen MR) is 67.5 cm³/mol. The molecule has 0 radical (unpaired) electrons. The fraction of sp³-hybridized carbons (Fsp3) is 0.417. The van der Waals surface area contributed by atoms with Gasteiger partial charge in [0, 0.05) is 6.54 Å². The van der Waals surface area contributed by atoms with Gasteiger partial charge in [-0.15, -0.1) is 0 Å². The molecule has 86 valence electrons. The van der Waals surface area contributed by atoms with E-state index in [1.807, 2.05) is 24.1 Å². The average Bonchev–Trinajstić information content (AvgIpc) is 2.27. The molecule has 1 rings (SSSR count). The van der Waals surface area contributed by atoms with E-state index < -0.39 is 0 Å². The Morgan fingerprint density at radius 1 is 1.50 bits per heavy atom. The molecule has 4 heteroatoms. The summed E-state index contributed by atoms with van der Waals surface area (Å²) in [6, 6.07) is 8.18. The van der Waals surface area contributed by atoms with Crippen LogP contribution in [0.3, 0.4) is 0 Å². The second kappa shape index (κ2) is 6.51. The molecule has 16 heavy (non-hydrogen) atoms. The Bertz CT molecular complexity index is 387. The van der Waals surface area contributed by atoms with Gasteiger partial charge in [-0.2, -0.15) is 5.26 Å². The maximum Gasteiger partial charge on any atom is 0.133 e. The van der Waals surface area contributed by atoms with Gasteiger partial charge >= 0.3 is 0 Å². The van der Waals surface area contributed by atoms with Crippen LogP contribution in [0.2, 0.25) is 0 Å². The van der Waals surface area contributed by atoms with Crippen LogP contribution in [-0.2, 0) is 6.42 Å². The van der Waals surface area contributed by atoms with E-state index in [9.17, 15) is 0 Å². The minimum absolute atomic E-state index is 0.470. The van der Waals surface area contributed by atoms with E-state index in [2.05, 4.69) is 28.1 Å². The average molecular weight is 283 g/mol. The molecule has 3 nitrogen and oxygen atoms in total. The van der Waals surface area contributed by atoms with Crippen LogP contribution >= 0.6 is 15.9 Å². The number of likely N-dealkylation sites (N-methyl/N-ethyl adjacent to an activating group) is 1. The number of benzene rings is 1. The molecule has 0 spiro atoms. The zero-order chi connectivity index (χ0) is 12.0. The molecule has 0 aliphatic carbocycles. The van der Waals surface area contributed by atoms with Crippen molar-refractivity contribution in [2.75, 3.05) is 27.2 Å². The van der Waals surface area contributed by atoms with Gasteiger partial charge < -0.3 is 4.74 Å². The lowest BCUT2D eigenvalue weighted by atomic mass is 10.1. The molecule has 0 saturated carbocycles. The molecule has 0 amide bonds. The topological polar surface area (TPSA) is 36.3 Å². The number of hydrogen-bond acceptors (Lipinski definition) is 3. The van der Waals surface area contributed by atoms with Crippen LogP contribution in [0.1, 0.15) is 5.56 Å². The van der Waals surface area contributed by atoms with Crippen molar-refractivity contribution in [1.82, 2.24) is 4.90 Å². The lowest BCUT2D eigenvalue weighted by Gasteiger charge is -2.12. The molecule has 0 aliphatic rings. The molecular formula is C12H15BrN2O. The van der Waals surface area contributed by atoms with Gasteiger partial charge in [0.05, 0.1) is 24.2 Å². The van der Waals surface area contributed by atoms with Gasteiger partial charge in [0.25, 0.3) is 0 Å². The standard InChI is InChI=1S/C12H15BrN2O/c1-15(8-6-14)7-5-10-3-4-12(16-2)11(13)9-10/h3-4,9H,5,7-8H2,1-2H3. The lowest BCUT2D eigenvalue weighted by Crippen LogP contribution is -2.21. The Kier molecular flexibility index (Phi) is 5.30. The molecule has 0 atom stereocenters. The Morgan fingerprint density at radius 3 is 2.81 bits per heavy atom. The first-order valence-electron chi connectivity index (χ1n) is 5.05. The third-order valence-electron chi connectivity index (χ3n) is 2.34. The quantitative estimate of drug-likeness (QED) is 0.779. The van der Waals surface area contributed by atoms with Gasteiger partial charge in [-0.25, -0.2) is 0 Å². The zero-order valence-electron chi connectivity index (χ0n) is 9.53. The highest BCUT2D eigenvalue weighted by molar-refractivity contribution is 9.10. The summed E-state index contributed by atoms with van der Waals surface area (Å²) in [5.41, 5.74) is 1.23. The Balaban J connectivity index is 2.55. The highest BCUT2D eigenvalue weighted by atomic mass is 79.9. The van der Waals surface area contributed by atoms with Crippen molar-refractivity contribution >= 4 is 15.9 Å². The van der Waals surface area contributed by atoms with Crippen LogP contribution in [0, 0.1) is 11.3 Å². The van der Waals surface area contributed by atoms with Crippen LogP contribution in [0.15, 0.2) is 22.7 Å². The van der Waals surface area contributed by atoms with Gasteiger partial charge in [0.15, 0.2) is 0 Å². The summed E-state index contributed by atoms with van der Waals surface area (Å²) >= 11 is 3.45. The summed E-state index contributed by atoms with van der Waals surface area (Å²) in [6.07, 6.45) is 0.931. The lowest BCUT2D eigenvalue weighted by molar-refractivity contribution is 0.379. The van der Waals surface area contributed by atoms with Crippen molar-refractivity contribution in [3.8, 4) is 11.8 Å². The maximum absolute atomic E-state index is 8.53. The summed E-state index contributed by atoms with van der Waals surface area (Å²) in [5.74, 6) is 0.842. The highest BCUT2D eigenvalue weighted by Crippen LogP contribution is 2.25. The van der Waals surface area contributed by atoms with E-state index in [0.717, 1.165) is 23.2 Å². The smallest absolute Gasteiger partial charge is 0.133 e. The number of hydrogen-bond donors (Lipinski definition) is 0. The number of rotatable bonds is 5. The first-order valence-corrected chi connectivity index (χ1v) is 5.84. The van der Waals surface area contributed by atoms with E-state index in [0.29, 0.717) is 6.54 Å². The monoisotopic (exact) mass is 282 g/mol. The fourth-order valence-corrected chi connectivity index (χ4v) is 1.97. The van der Waals surface area contributed by atoms with Crippen LogP contribution in [0.5, 0.6) is 5.75 Å². The fourth-order valence-electron chi connectivity index (χ4n) is 1.39. The van der Waals surface area contributed by atoms with Gasteiger partial charge in [-0.3, -0.25) is 4.90 Å². The molecule has 0 bridgehead atoms. The van der Waals surface area contributed by atoms with Crippen molar-refractivity contribution in [3.63, 3.8) is 0 Å². The number of halogens is 1. The summed E-state index contributed by atoms with van der Waals surface area (Å²) < 4.78 is 6.13. The largest absolute Gasteiger partial charge is 0.496 e. The number of nitrogens with zero attached hydrogens (tertiary/aromatic N) is 2. The number of nitriles is 1. The summed E-state index contributed by atoms with van der Waals surface area (Å²) in [5, 5.41) is 8.53. The molecule has 0 unspecified atom stereocenters. The SMILES string of the molecule is COc1ccc(CCN(C)CC#N)cc1Br. The van der Waals surface area contributed by atoms with Crippen molar-refractivity contribution in [2.45, 2.75) is 6.42 Å². The van der Waals surface area contributed by atoms with E-state index in [4.69, 9.17) is 10.00 Å². The second-order valence-corrected chi connectivity index (χ2v) is 4.47. The zero-order valence-corrected chi connectivity index (χ0v) is 11.1. The Morgan fingerprint density at radius 2 is 2.25 bits per heavy atom. The minimum Gasteiger partial charge on any atom is -0.496 e. The summed E-state index contributed by atoms with van der Waals surface area (Å²) in [6.45, 7) is 1.35. The van der Waals surface area contributed by atoms with Gasteiger partial charge in [-0.05, 0) is 47.1 Å². The van der Waals surface area contributed by atoms with Gasteiger partial charge in [-0.1, -0.05) is 6.07 Å². The Hall–Kier alpha value is -1.05. The molecule has 1 aromatic rings. The molecule has 1 aromatic carbocycles. The first-order chi connectivity index (χ1) is 7.67. The van der Waals surface area contributed by atoms with Crippen LogP contribution in [-0.4, -0.2) is 32.1 Å². The van der Waals surface area contributed by atoms with E-state index in [-0.39, 0.29) is 0 Å². The van der Waals surface area contributed by atoms with Crippen molar-refractivity contribution in [1.29, 1.82) is 5.26 Å². The number of ether oxygens (including phenoxy) is 1. The molecule has 0 fully saturated rings. The molecule has 0 saturated heterocycles. The van der Waals surface area contributed by atoms with E-state index >= 15 is 0 Å².